The molecule has 0 unspecified atom stereocenters. The number of methoxy groups -OCH3 is 6. The van der Waals surface area contributed by atoms with Crippen LogP contribution in [0.4, 0.5) is 0 Å². The normalized spacial score (nSPS) is 16.8. The van der Waals surface area contributed by atoms with E-state index in [0.29, 0.717) is 23.0 Å². The number of fused-ring (bicyclic) bond motifs is 2. The van der Waals surface area contributed by atoms with Crippen molar-refractivity contribution in [3.63, 3.8) is 0 Å². The van der Waals surface area contributed by atoms with Gasteiger partial charge in [0.15, 0.2) is 46.0 Å². The molecule has 4 aromatic carbocycles. The van der Waals surface area contributed by atoms with E-state index < -0.39 is 0 Å². The summed E-state index contributed by atoms with van der Waals surface area (Å²) in [5, 5.41) is 7.34. The van der Waals surface area contributed by atoms with Gasteiger partial charge in [0.25, 0.3) is 0 Å². The first kappa shape index (κ1) is 32.3. The van der Waals surface area contributed by atoms with Gasteiger partial charge < -0.3 is 43.8 Å². The molecule has 248 valence electrons. The third-order valence-corrected chi connectivity index (χ3v) is 9.17. The van der Waals surface area contributed by atoms with E-state index in [0.717, 1.165) is 72.9 Å². The Bertz CT molecular complexity index is 1600. The second-order valence-electron chi connectivity index (χ2n) is 11.8. The molecule has 0 saturated carbocycles. The van der Waals surface area contributed by atoms with Crippen molar-refractivity contribution in [3.05, 3.63) is 94.0 Å². The molecule has 2 N–H and O–H groups in total. The second-order valence-corrected chi connectivity index (χ2v) is 11.8. The van der Waals surface area contributed by atoms with Gasteiger partial charge in [0.05, 0.1) is 42.7 Å². The van der Waals surface area contributed by atoms with Crippen LogP contribution < -0.4 is 43.8 Å². The van der Waals surface area contributed by atoms with Crippen LogP contribution in [-0.2, 0) is 25.7 Å². The number of rotatable bonds is 12. The summed E-state index contributed by atoms with van der Waals surface area (Å²) in [5.41, 5.74) is 7.26. The molecule has 2 heterocycles. The molecular weight excluding hydrogens is 596 g/mol. The van der Waals surface area contributed by atoms with Crippen molar-refractivity contribution in [1.29, 1.82) is 0 Å². The predicted octanol–water partition coefficient (Wildman–Crippen LogP) is 6.39. The van der Waals surface area contributed by atoms with E-state index in [2.05, 4.69) is 47.0 Å². The van der Waals surface area contributed by atoms with E-state index >= 15 is 0 Å². The van der Waals surface area contributed by atoms with Gasteiger partial charge in [-0.25, -0.2) is 0 Å². The van der Waals surface area contributed by atoms with Crippen molar-refractivity contribution < 1.29 is 33.2 Å². The van der Waals surface area contributed by atoms with Gasteiger partial charge in [0.2, 0.25) is 0 Å². The van der Waals surface area contributed by atoms with Gasteiger partial charge in [-0.3, -0.25) is 0 Å². The molecule has 0 saturated heterocycles. The third kappa shape index (κ3) is 6.77. The highest BCUT2D eigenvalue weighted by atomic mass is 16.5. The van der Waals surface area contributed by atoms with E-state index in [-0.39, 0.29) is 12.1 Å². The molecule has 6 rings (SSSR count). The summed E-state index contributed by atoms with van der Waals surface area (Å²) in [6, 6.07) is 20.8. The van der Waals surface area contributed by atoms with Gasteiger partial charge in [0, 0.05) is 12.1 Å². The number of nitrogens with one attached hydrogen (secondary N) is 2. The van der Waals surface area contributed by atoms with E-state index in [4.69, 9.17) is 33.2 Å². The molecular formula is C38H44N2O7. The molecule has 4 aromatic rings. The Balaban J connectivity index is 1.19. The molecule has 0 aromatic heterocycles. The van der Waals surface area contributed by atoms with Crippen LogP contribution in [0.5, 0.6) is 46.0 Å². The smallest absolute Gasteiger partial charge is 0.169 e. The first-order chi connectivity index (χ1) is 23.0. The van der Waals surface area contributed by atoms with Crippen molar-refractivity contribution >= 4 is 0 Å². The standard InChI is InChI=1S/C38H44N2O7/c1-41-33-17-23(15-29-27-21-37(45-5)35(43-3)19-25(27)11-13-39-29)7-9-31(33)47-32-10-8-24(18-34(32)42-2)16-30-28-22-38(46-6)36(44-4)20-26(28)12-14-40-30/h7-10,17-22,29-30,39-40H,11-16H2,1-6H3/t29-,30-/m1/s1. The number of hydrogen-bond donors (Lipinski definition) is 2. The highest BCUT2D eigenvalue weighted by Crippen LogP contribution is 2.41. The zero-order valence-corrected chi connectivity index (χ0v) is 28.0. The number of benzene rings is 4. The Morgan fingerprint density at radius 2 is 0.830 bits per heavy atom. The van der Waals surface area contributed by atoms with Crippen molar-refractivity contribution in [2.45, 2.75) is 37.8 Å². The Morgan fingerprint density at radius 1 is 0.468 bits per heavy atom. The Morgan fingerprint density at radius 3 is 1.21 bits per heavy atom. The van der Waals surface area contributed by atoms with Crippen LogP contribution in [0.25, 0.3) is 0 Å². The molecule has 2 aliphatic rings. The van der Waals surface area contributed by atoms with Crippen LogP contribution >= 0.6 is 0 Å². The van der Waals surface area contributed by atoms with Gasteiger partial charge in [-0.2, -0.15) is 0 Å². The topological polar surface area (TPSA) is 88.7 Å². The maximum absolute atomic E-state index is 6.39. The lowest BCUT2D eigenvalue weighted by atomic mass is 9.89. The Kier molecular flexibility index (Phi) is 9.94. The molecule has 2 aliphatic heterocycles. The van der Waals surface area contributed by atoms with Crippen molar-refractivity contribution in [2.75, 3.05) is 55.7 Å². The highest BCUT2D eigenvalue weighted by Gasteiger charge is 2.25. The summed E-state index contributed by atoms with van der Waals surface area (Å²) in [6.45, 7) is 1.79. The van der Waals surface area contributed by atoms with Gasteiger partial charge >= 0.3 is 0 Å². The molecule has 47 heavy (non-hydrogen) atoms. The van der Waals surface area contributed by atoms with Crippen molar-refractivity contribution in [1.82, 2.24) is 10.6 Å². The summed E-state index contributed by atoms with van der Waals surface area (Å²) in [5.74, 6) is 5.55. The Labute approximate surface area is 277 Å². The van der Waals surface area contributed by atoms with Gasteiger partial charge in [0.1, 0.15) is 0 Å². The molecule has 0 amide bonds. The predicted molar refractivity (Wildman–Crippen MR) is 181 cm³/mol. The van der Waals surface area contributed by atoms with Crippen molar-refractivity contribution in [2.24, 2.45) is 0 Å². The first-order valence-electron chi connectivity index (χ1n) is 16.0. The largest absolute Gasteiger partial charge is 0.493 e. The van der Waals surface area contributed by atoms with Crippen molar-refractivity contribution in [3.8, 4) is 46.0 Å². The highest BCUT2D eigenvalue weighted by molar-refractivity contribution is 5.53. The van der Waals surface area contributed by atoms with E-state index in [1.807, 2.05) is 24.3 Å². The quantitative estimate of drug-likeness (QED) is 0.183. The average molecular weight is 641 g/mol. The Hall–Kier alpha value is -4.60. The van der Waals surface area contributed by atoms with Crippen LogP contribution in [0.3, 0.4) is 0 Å². The summed E-state index contributed by atoms with van der Waals surface area (Å²) in [7, 11) is 10.0. The maximum Gasteiger partial charge on any atom is 0.169 e. The SMILES string of the molecule is COc1cc2c(cc1OC)[C@@H](Cc1ccc(Oc3ccc(C[C@H]4NCCc5cc(OC)c(OC)cc54)cc3OC)c(OC)c1)NCC2. The minimum atomic E-state index is 0.136. The fourth-order valence-electron chi connectivity index (χ4n) is 6.74. The van der Waals surface area contributed by atoms with E-state index in [1.54, 1.807) is 42.7 Å². The van der Waals surface area contributed by atoms with Gasteiger partial charge in [-0.1, -0.05) is 12.1 Å². The number of ether oxygens (including phenoxy) is 7. The van der Waals surface area contributed by atoms with E-state index in [9.17, 15) is 0 Å². The zero-order valence-electron chi connectivity index (χ0n) is 28.0. The van der Waals surface area contributed by atoms with Crippen LogP contribution in [0.2, 0.25) is 0 Å². The molecule has 9 nitrogen and oxygen atoms in total. The van der Waals surface area contributed by atoms with Crippen LogP contribution in [-0.4, -0.2) is 55.7 Å². The lowest BCUT2D eigenvalue weighted by Gasteiger charge is -2.28. The number of hydrogen-bond acceptors (Lipinski definition) is 9. The fourth-order valence-corrected chi connectivity index (χ4v) is 6.74. The minimum absolute atomic E-state index is 0.136. The minimum Gasteiger partial charge on any atom is -0.493 e. The molecule has 2 atom stereocenters. The molecule has 0 radical (unpaired) electrons. The monoisotopic (exact) mass is 640 g/mol. The second kappa shape index (κ2) is 14.4. The molecule has 0 spiro atoms. The van der Waals surface area contributed by atoms with E-state index in [1.165, 1.54) is 22.3 Å². The maximum atomic E-state index is 6.39. The van der Waals surface area contributed by atoms with Crippen LogP contribution in [0.15, 0.2) is 60.7 Å². The third-order valence-electron chi connectivity index (χ3n) is 9.17. The van der Waals surface area contributed by atoms with Crippen LogP contribution in [0.1, 0.15) is 45.5 Å². The zero-order chi connectivity index (χ0) is 32.9. The fraction of sp³-hybridized carbons (Fsp3) is 0.368. The van der Waals surface area contributed by atoms with Gasteiger partial charge in [-0.05, 0) is 121 Å². The lowest BCUT2D eigenvalue weighted by molar-refractivity contribution is 0.351. The summed E-state index contributed by atoms with van der Waals surface area (Å²) < 4.78 is 40.3. The summed E-state index contributed by atoms with van der Waals surface area (Å²) in [4.78, 5) is 0. The molecule has 9 heteroatoms. The summed E-state index contributed by atoms with van der Waals surface area (Å²) in [6.07, 6.45) is 3.46. The molecule has 0 fully saturated rings. The average Bonchev–Trinajstić information content (AvgIpc) is 3.11. The first-order valence-corrected chi connectivity index (χ1v) is 16.0. The van der Waals surface area contributed by atoms with Gasteiger partial charge in [-0.15, -0.1) is 0 Å². The molecule has 0 bridgehead atoms. The van der Waals surface area contributed by atoms with Crippen LogP contribution in [0, 0.1) is 0 Å². The molecule has 0 aliphatic carbocycles. The summed E-state index contributed by atoms with van der Waals surface area (Å²) >= 11 is 0. The lowest BCUT2D eigenvalue weighted by Crippen LogP contribution is -2.31.